The monoisotopic (exact) mass is 397 g/mol. The van der Waals surface area contributed by atoms with Gasteiger partial charge in [-0.15, -0.1) is 0 Å². The lowest BCUT2D eigenvalue weighted by Crippen LogP contribution is -2.32. The number of aromatic nitrogens is 1. The SMILES string of the molecule is CC(=O)c1c(C)[nH]c(C(=O)[C@@H](C)SC2=NCC(=O)N2c2ccc(C)cc2)c1C. The van der Waals surface area contributed by atoms with E-state index < -0.39 is 5.25 Å². The Hall–Kier alpha value is -2.67. The number of benzene rings is 1. The number of carbonyl (C=O) groups excluding carboxylic acids is 3. The van der Waals surface area contributed by atoms with Crippen LogP contribution in [0.4, 0.5) is 5.69 Å². The maximum atomic E-state index is 13.0. The van der Waals surface area contributed by atoms with Gasteiger partial charge in [0, 0.05) is 11.3 Å². The first kappa shape index (κ1) is 20.1. The highest BCUT2D eigenvalue weighted by atomic mass is 32.2. The first-order chi connectivity index (χ1) is 13.2. The van der Waals surface area contributed by atoms with E-state index in [1.54, 1.807) is 25.7 Å². The van der Waals surface area contributed by atoms with Crippen molar-refractivity contribution >= 4 is 40.1 Å². The van der Waals surface area contributed by atoms with Crippen molar-refractivity contribution in [2.24, 2.45) is 4.99 Å². The zero-order valence-electron chi connectivity index (χ0n) is 16.6. The van der Waals surface area contributed by atoms with Crippen LogP contribution in [0.1, 0.15) is 51.5 Å². The average molecular weight is 398 g/mol. The van der Waals surface area contributed by atoms with Crippen molar-refractivity contribution in [2.75, 3.05) is 11.4 Å². The molecular formula is C21H23N3O3S. The summed E-state index contributed by atoms with van der Waals surface area (Å²) in [5, 5.41) is 0.0524. The zero-order valence-corrected chi connectivity index (χ0v) is 17.4. The third kappa shape index (κ3) is 3.67. The number of hydrogen-bond donors (Lipinski definition) is 1. The van der Waals surface area contributed by atoms with Gasteiger partial charge in [0.15, 0.2) is 16.7 Å². The summed E-state index contributed by atoms with van der Waals surface area (Å²) in [5.41, 5.74) is 4.21. The second-order valence-corrected chi connectivity index (χ2v) is 8.28. The molecule has 2 aromatic rings. The second kappa shape index (κ2) is 7.75. The molecule has 0 saturated heterocycles. The van der Waals surface area contributed by atoms with Crippen LogP contribution in [0.2, 0.25) is 0 Å². The molecule has 0 aliphatic carbocycles. The predicted octanol–water partition coefficient (Wildman–Crippen LogP) is 3.85. The van der Waals surface area contributed by atoms with E-state index >= 15 is 0 Å². The van der Waals surface area contributed by atoms with Gasteiger partial charge in [-0.3, -0.25) is 24.3 Å². The van der Waals surface area contributed by atoms with Gasteiger partial charge in [0.05, 0.1) is 16.6 Å². The van der Waals surface area contributed by atoms with E-state index in [0.29, 0.717) is 27.7 Å². The molecule has 3 rings (SSSR count). The number of ketones is 2. The van der Waals surface area contributed by atoms with Gasteiger partial charge in [0.2, 0.25) is 0 Å². The number of thioether (sulfide) groups is 1. The van der Waals surface area contributed by atoms with Crippen LogP contribution in [-0.4, -0.2) is 39.4 Å². The van der Waals surface area contributed by atoms with Crippen molar-refractivity contribution in [3.63, 3.8) is 0 Å². The van der Waals surface area contributed by atoms with Crippen molar-refractivity contribution in [2.45, 2.75) is 39.9 Å². The number of Topliss-reactive ketones (excluding diaryl/α,β-unsaturated/α-hetero) is 2. The van der Waals surface area contributed by atoms with E-state index in [1.807, 2.05) is 31.2 Å². The third-order valence-corrected chi connectivity index (χ3v) is 5.86. The molecule has 1 aromatic heterocycles. The molecule has 0 radical (unpaired) electrons. The third-order valence-electron chi connectivity index (χ3n) is 4.77. The van der Waals surface area contributed by atoms with Crippen molar-refractivity contribution < 1.29 is 14.4 Å². The molecule has 1 atom stereocenters. The van der Waals surface area contributed by atoms with Crippen molar-refractivity contribution in [1.82, 2.24) is 4.98 Å². The number of nitrogens with zero attached hydrogens (tertiary/aromatic N) is 2. The number of aromatic amines is 1. The largest absolute Gasteiger partial charge is 0.355 e. The van der Waals surface area contributed by atoms with E-state index in [-0.39, 0.29) is 24.0 Å². The minimum atomic E-state index is -0.464. The average Bonchev–Trinajstić information content (AvgIpc) is 3.14. The van der Waals surface area contributed by atoms with Crippen LogP contribution in [-0.2, 0) is 4.79 Å². The maximum Gasteiger partial charge on any atom is 0.254 e. The van der Waals surface area contributed by atoms with E-state index in [9.17, 15) is 14.4 Å². The van der Waals surface area contributed by atoms with Crippen molar-refractivity contribution in [3.8, 4) is 0 Å². The van der Waals surface area contributed by atoms with E-state index in [2.05, 4.69) is 9.98 Å². The molecule has 0 saturated carbocycles. The normalized spacial score (nSPS) is 15.0. The van der Waals surface area contributed by atoms with Crippen LogP contribution >= 0.6 is 11.8 Å². The number of amidine groups is 1. The molecule has 0 bridgehead atoms. The van der Waals surface area contributed by atoms with Crippen LogP contribution in [0.25, 0.3) is 0 Å². The molecule has 1 aromatic carbocycles. The van der Waals surface area contributed by atoms with Gasteiger partial charge in [0.1, 0.15) is 6.54 Å². The molecule has 1 aliphatic rings. The molecule has 0 unspecified atom stereocenters. The number of anilines is 1. The van der Waals surface area contributed by atoms with Crippen LogP contribution in [0.5, 0.6) is 0 Å². The van der Waals surface area contributed by atoms with Gasteiger partial charge in [0.25, 0.3) is 5.91 Å². The molecule has 0 spiro atoms. The summed E-state index contributed by atoms with van der Waals surface area (Å²) >= 11 is 1.25. The Morgan fingerprint density at radius 3 is 2.39 bits per heavy atom. The summed E-state index contributed by atoms with van der Waals surface area (Å²) < 4.78 is 0. The number of carbonyl (C=O) groups is 3. The molecule has 1 aliphatic heterocycles. The number of rotatable bonds is 5. The highest BCUT2D eigenvalue weighted by molar-refractivity contribution is 8.15. The number of aliphatic imine (C=N–C) groups is 1. The van der Waals surface area contributed by atoms with Crippen LogP contribution in [0.15, 0.2) is 29.3 Å². The maximum absolute atomic E-state index is 13.0. The molecule has 28 heavy (non-hydrogen) atoms. The molecule has 1 N–H and O–H groups in total. The minimum Gasteiger partial charge on any atom is -0.355 e. The van der Waals surface area contributed by atoms with Crippen molar-refractivity contribution in [1.29, 1.82) is 0 Å². The summed E-state index contributed by atoms with van der Waals surface area (Å²) in [6.45, 7) is 8.90. The van der Waals surface area contributed by atoms with Crippen LogP contribution < -0.4 is 4.90 Å². The fourth-order valence-corrected chi connectivity index (χ4v) is 4.35. The fraction of sp³-hybridized carbons (Fsp3) is 0.333. The molecule has 146 valence electrons. The molecule has 6 nitrogen and oxygen atoms in total. The molecule has 0 fully saturated rings. The fourth-order valence-electron chi connectivity index (χ4n) is 3.36. The molecule has 2 heterocycles. The number of H-pyrrole nitrogens is 1. The van der Waals surface area contributed by atoms with Gasteiger partial charge in [-0.2, -0.15) is 0 Å². The van der Waals surface area contributed by atoms with Gasteiger partial charge in [-0.25, -0.2) is 0 Å². The van der Waals surface area contributed by atoms with Gasteiger partial charge < -0.3 is 4.98 Å². The number of amides is 1. The van der Waals surface area contributed by atoms with E-state index in [4.69, 9.17) is 0 Å². The van der Waals surface area contributed by atoms with E-state index in [0.717, 1.165) is 11.3 Å². The Labute approximate surface area is 168 Å². The molecule has 1 amide bonds. The van der Waals surface area contributed by atoms with Crippen LogP contribution in [0, 0.1) is 20.8 Å². The molecular weight excluding hydrogens is 374 g/mol. The minimum absolute atomic E-state index is 0.0677. The molecule has 7 heteroatoms. The number of hydrogen-bond acceptors (Lipinski definition) is 5. The van der Waals surface area contributed by atoms with Gasteiger partial charge >= 0.3 is 0 Å². The highest BCUT2D eigenvalue weighted by Crippen LogP contribution is 2.29. The van der Waals surface area contributed by atoms with Gasteiger partial charge in [-0.1, -0.05) is 29.5 Å². The quantitative estimate of drug-likeness (QED) is 0.777. The Morgan fingerprint density at radius 1 is 1.18 bits per heavy atom. The van der Waals surface area contributed by atoms with Gasteiger partial charge in [-0.05, 0) is 52.3 Å². The number of nitrogens with one attached hydrogen (secondary N) is 1. The summed E-state index contributed by atoms with van der Waals surface area (Å²) in [6, 6.07) is 7.62. The topological polar surface area (TPSA) is 82.6 Å². The lowest BCUT2D eigenvalue weighted by Gasteiger charge is -2.20. The Kier molecular flexibility index (Phi) is 5.56. The lowest BCUT2D eigenvalue weighted by molar-refractivity contribution is -0.115. The predicted molar refractivity (Wildman–Crippen MR) is 113 cm³/mol. The standard InChI is InChI=1S/C21H23N3O3S/c1-11-6-8-16(9-7-11)24-17(26)10-22-21(24)28-15(5)20(27)19-12(2)18(14(4)25)13(3)23-19/h6-9,15,23H,10H2,1-5H3/t15-/m1/s1. The van der Waals surface area contributed by atoms with Crippen molar-refractivity contribution in [3.05, 3.63) is 52.3 Å². The Morgan fingerprint density at radius 2 is 1.82 bits per heavy atom. The Balaban J connectivity index is 1.82. The van der Waals surface area contributed by atoms with E-state index in [1.165, 1.54) is 18.7 Å². The summed E-state index contributed by atoms with van der Waals surface area (Å²) in [5.74, 6) is -0.303. The Bertz CT molecular complexity index is 989. The highest BCUT2D eigenvalue weighted by Gasteiger charge is 2.32. The second-order valence-electron chi connectivity index (χ2n) is 6.97. The summed E-state index contributed by atoms with van der Waals surface area (Å²) in [6.07, 6.45) is 0. The van der Waals surface area contributed by atoms with Crippen LogP contribution in [0.3, 0.4) is 0 Å². The first-order valence-corrected chi connectivity index (χ1v) is 9.93. The number of aryl methyl sites for hydroxylation is 2. The smallest absolute Gasteiger partial charge is 0.254 e. The summed E-state index contributed by atoms with van der Waals surface area (Å²) in [4.78, 5) is 46.1. The first-order valence-electron chi connectivity index (χ1n) is 9.05. The lowest BCUT2D eigenvalue weighted by atomic mass is 10.0. The zero-order chi connectivity index (χ0) is 20.6. The summed E-state index contributed by atoms with van der Waals surface area (Å²) in [7, 11) is 0.